The van der Waals surface area contributed by atoms with Crippen LogP contribution >= 0.6 is 0 Å². The van der Waals surface area contributed by atoms with Crippen molar-refractivity contribution in [2.24, 2.45) is 5.73 Å². The van der Waals surface area contributed by atoms with Gasteiger partial charge in [0.25, 0.3) is 0 Å². The van der Waals surface area contributed by atoms with Crippen molar-refractivity contribution in [1.29, 1.82) is 0 Å². The highest BCUT2D eigenvalue weighted by molar-refractivity contribution is 5.80. The molecule has 4 heteroatoms. The van der Waals surface area contributed by atoms with E-state index in [0.29, 0.717) is 13.0 Å². The number of nitrogens with two attached hydrogens (primary N) is 1. The maximum Gasteiger partial charge on any atom is 0.236 e. The van der Waals surface area contributed by atoms with Gasteiger partial charge in [-0.05, 0) is 19.4 Å². The highest BCUT2D eigenvalue weighted by Gasteiger charge is 2.15. The van der Waals surface area contributed by atoms with Gasteiger partial charge in [0.2, 0.25) is 5.91 Å². The Morgan fingerprint density at radius 2 is 2.06 bits per heavy atom. The van der Waals surface area contributed by atoms with Crippen LogP contribution in [0.1, 0.15) is 31.9 Å². The van der Waals surface area contributed by atoms with E-state index < -0.39 is 6.10 Å². The number of carbonyl (C=O) groups is 1. The van der Waals surface area contributed by atoms with Gasteiger partial charge in [-0.3, -0.25) is 4.79 Å². The van der Waals surface area contributed by atoms with Crippen molar-refractivity contribution in [3.05, 3.63) is 29.8 Å². The number of anilines is 1. The lowest BCUT2D eigenvalue weighted by atomic mass is 10.0. The molecule has 4 nitrogen and oxygen atoms in total. The van der Waals surface area contributed by atoms with E-state index in [9.17, 15) is 9.90 Å². The summed E-state index contributed by atoms with van der Waals surface area (Å²) in [6.45, 7) is 4.73. The SMILES string of the molecule is CC[C@@H](O)c1ccccc1N(CC)CC(N)=O. The molecule has 0 saturated carbocycles. The Hall–Kier alpha value is -1.55. The number of hydrogen-bond acceptors (Lipinski definition) is 3. The smallest absolute Gasteiger partial charge is 0.236 e. The minimum Gasteiger partial charge on any atom is -0.388 e. The average Bonchev–Trinajstić information content (AvgIpc) is 2.34. The highest BCUT2D eigenvalue weighted by Crippen LogP contribution is 2.27. The first-order valence-electron chi connectivity index (χ1n) is 5.90. The molecular formula is C13H20N2O2. The Morgan fingerprint density at radius 3 is 2.59 bits per heavy atom. The van der Waals surface area contributed by atoms with Crippen LogP contribution in [0.25, 0.3) is 0 Å². The molecule has 0 bridgehead atoms. The maximum atomic E-state index is 11.0. The zero-order valence-electron chi connectivity index (χ0n) is 10.4. The van der Waals surface area contributed by atoms with Crippen molar-refractivity contribution in [2.45, 2.75) is 26.4 Å². The molecule has 0 aromatic heterocycles. The van der Waals surface area contributed by atoms with E-state index >= 15 is 0 Å². The third-order valence-corrected chi connectivity index (χ3v) is 2.75. The predicted molar refractivity (Wildman–Crippen MR) is 68.8 cm³/mol. The second-order valence-electron chi connectivity index (χ2n) is 3.96. The van der Waals surface area contributed by atoms with Crippen LogP contribution in [0.15, 0.2) is 24.3 Å². The van der Waals surface area contributed by atoms with Crippen molar-refractivity contribution in [3.8, 4) is 0 Å². The van der Waals surface area contributed by atoms with Crippen molar-refractivity contribution in [1.82, 2.24) is 0 Å². The molecule has 0 aliphatic heterocycles. The molecule has 0 heterocycles. The number of carbonyl (C=O) groups excluding carboxylic acids is 1. The van der Waals surface area contributed by atoms with Crippen LogP contribution in [-0.2, 0) is 4.79 Å². The van der Waals surface area contributed by atoms with E-state index in [4.69, 9.17) is 5.73 Å². The van der Waals surface area contributed by atoms with Crippen LogP contribution < -0.4 is 10.6 Å². The maximum absolute atomic E-state index is 11.0. The Labute approximate surface area is 102 Å². The molecule has 0 fully saturated rings. The molecule has 3 N–H and O–H groups in total. The van der Waals surface area contributed by atoms with E-state index in [1.807, 2.05) is 43.0 Å². The Morgan fingerprint density at radius 1 is 1.41 bits per heavy atom. The summed E-state index contributed by atoms with van der Waals surface area (Å²) in [6, 6.07) is 7.56. The fraction of sp³-hybridized carbons (Fsp3) is 0.462. The molecule has 1 amide bonds. The predicted octanol–water partition coefficient (Wildman–Crippen LogP) is 1.44. The van der Waals surface area contributed by atoms with Gasteiger partial charge in [-0.25, -0.2) is 0 Å². The monoisotopic (exact) mass is 236 g/mol. The van der Waals surface area contributed by atoms with E-state index in [2.05, 4.69) is 0 Å². The van der Waals surface area contributed by atoms with Gasteiger partial charge in [0, 0.05) is 17.8 Å². The number of hydrogen-bond donors (Lipinski definition) is 2. The largest absolute Gasteiger partial charge is 0.388 e. The third kappa shape index (κ3) is 3.46. The molecule has 0 spiro atoms. The topological polar surface area (TPSA) is 66.6 Å². The molecule has 1 rings (SSSR count). The van der Waals surface area contributed by atoms with Crippen LogP contribution in [0.4, 0.5) is 5.69 Å². The number of benzene rings is 1. The van der Waals surface area contributed by atoms with E-state index in [0.717, 1.165) is 11.3 Å². The summed E-state index contributed by atoms with van der Waals surface area (Å²) < 4.78 is 0. The first-order valence-corrected chi connectivity index (χ1v) is 5.90. The van der Waals surface area contributed by atoms with Gasteiger partial charge in [-0.15, -0.1) is 0 Å². The molecule has 17 heavy (non-hydrogen) atoms. The van der Waals surface area contributed by atoms with Crippen LogP contribution in [0.5, 0.6) is 0 Å². The lowest BCUT2D eigenvalue weighted by molar-refractivity contribution is -0.116. The minimum atomic E-state index is -0.506. The van der Waals surface area contributed by atoms with Gasteiger partial charge in [0.05, 0.1) is 12.6 Å². The van der Waals surface area contributed by atoms with Gasteiger partial charge < -0.3 is 15.7 Å². The van der Waals surface area contributed by atoms with E-state index in [1.54, 1.807) is 0 Å². The highest BCUT2D eigenvalue weighted by atomic mass is 16.3. The number of aliphatic hydroxyl groups is 1. The second kappa shape index (κ2) is 6.25. The molecular weight excluding hydrogens is 216 g/mol. The number of rotatable bonds is 6. The van der Waals surface area contributed by atoms with Crippen molar-refractivity contribution in [2.75, 3.05) is 18.0 Å². The fourth-order valence-corrected chi connectivity index (χ4v) is 1.83. The summed E-state index contributed by atoms with van der Waals surface area (Å²) in [6.07, 6.45) is 0.138. The van der Waals surface area contributed by atoms with Crippen molar-refractivity contribution >= 4 is 11.6 Å². The summed E-state index contributed by atoms with van der Waals surface area (Å²) in [4.78, 5) is 12.9. The average molecular weight is 236 g/mol. The molecule has 0 radical (unpaired) electrons. The van der Waals surface area contributed by atoms with Gasteiger partial charge in [-0.1, -0.05) is 25.1 Å². The summed E-state index contributed by atoms with van der Waals surface area (Å²) in [7, 11) is 0. The molecule has 1 aromatic rings. The second-order valence-corrected chi connectivity index (χ2v) is 3.96. The summed E-state index contributed by atoms with van der Waals surface area (Å²) in [5, 5.41) is 9.95. The lowest BCUT2D eigenvalue weighted by Crippen LogP contribution is -2.34. The molecule has 0 aliphatic rings. The van der Waals surface area contributed by atoms with Crippen LogP contribution in [0.3, 0.4) is 0 Å². The molecule has 1 aromatic carbocycles. The van der Waals surface area contributed by atoms with E-state index in [-0.39, 0.29) is 12.5 Å². The number of primary amides is 1. The zero-order chi connectivity index (χ0) is 12.8. The number of aliphatic hydroxyl groups excluding tert-OH is 1. The Bertz CT molecular complexity index is 379. The number of nitrogens with zero attached hydrogens (tertiary/aromatic N) is 1. The molecule has 0 unspecified atom stereocenters. The lowest BCUT2D eigenvalue weighted by Gasteiger charge is -2.25. The Balaban J connectivity index is 3.05. The quantitative estimate of drug-likeness (QED) is 0.785. The van der Waals surface area contributed by atoms with Gasteiger partial charge >= 0.3 is 0 Å². The molecule has 0 aliphatic carbocycles. The van der Waals surface area contributed by atoms with Crippen LogP contribution in [0.2, 0.25) is 0 Å². The Kier molecular flexibility index (Phi) is 4.97. The molecule has 1 atom stereocenters. The first-order chi connectivity index (χ1) is 8.10. The molecule has 94 valence electrons. The standard InChI is InChI=1S/C13H20N2O2/c1-3-12(16)10-7-5-6-8-11(10)15(4-2)9-13(14)17/h5-8,12,16H,3-4,9H2,1-2H3,(H2,14,17)/t12-/m1/s1. The van der Waals surface area contributed by atoms with Crippen LogP contribution in [-0.4, -0.2) is 24.1 Å². The number of likely N-dealkylation sites (N-methyl/N-ethyl adjacent to an activating group) is 1. The van der Waals surface area contributed by atoms with Crippen molar-refractivity contribution < 1.29 is 9.90 Å². The minimum absolute atomic E-state index is 0.171. The summed E-state index contributed by atoms with van der Waals surface area (Å²) in [5.41, 5.74) is 6.95. The zero-order valence-corrected chi connectivity index (χ0v) is 10.4. The third-order valence-electron chi connectivity index (χ3n) is 2.75. The summed E-state index contributed by atoms with van der Waals surface area (Å²) in [5.74, 6) is -0.368. The van der Waals surface area contributed by atoms with Gasteiger partial charge in [0.15, 0.2) is 0 Å². The number of amides is 1. The van der Waals surface area contributed by atoms with Crippen LogP contribution in [0, 0.1) is 0 Å². The normalized spacial score (nSPS) is 12.2. The molecule has 0 saturated heterocycles. The summed E-state index contributed by atoms with van der Waals surface area (Å²) >= 11 is 0. The fourth-order valence-electron chi connectivity index (χ4n) is 1.83. The number of para-hydroxylation sites is 1. The first kappa shape index (κ1) is 13.5. The van der Waals surface area contributed by atoms with Gasteiger partial charge in [-0.2, -0.15) is 0 Å². The van der Waals surface area contributed by atoms with Gasteiger partial charge in [0.1, 0.15) is 0 Å². The van der Waals surface area contributed by atoms with E-state index in [1.165, 1.54) is 0 Å². The van der Waals surface area contributed by atoms with Crippen molar-refractivity contribution in [3.63, 3.8) is 0 Å².